The predicted molar refractivity (Wildman–Crippen MR) is 53.2 cm³/mol. The van der Waals surface area contributed by atoms with Crippen molar-refractivity contribution in [2.45, 2.75) is 6.42 Å². The number of oxime groups is 1. The molecule has 0 bridgehead atoms. The molecule has 0 unspecified atom stereocenters. The fraction of sp³-hybridized carbons (Fsp3) is 0.111. The molecule has 0 aliphatic carbocycles. The van der Waals surface area contributed by atoms with Crippen molar-refractivity contribution >= 4 is 16.9 Å². The number of aromatic amines is 1. The average molecular weight is 190 g/mol. The van der Waals surface area contributed by atoms with E-state index in [1.54, 1.807) is 6.33 Å². The van der Waals surface area contributed by atoms with E-state index in [1.807, 2.05) is 18.2 Å². The minimum Gasteiger partial charge on any atom is -0.409 e. The Hall–Kier alpha value is -2.04. The van der Waals surface area contributed by atoms with Crippen LogP contribution in [-0.4, -0.2) is 21.0 Å². The van der Waals surface area contributed by atoms with Crippen molar-refractivity contribution < 1.29 is 5.21 Å². The number of nitrogens with zero attached hydrogens (tertiary/aromatic N) is 2. The Morgan fingerprint density at radius 3 is 3.21 bits per heavy atom. The Bertz CT molecular complexity index is 474. The number of imidazole rings is 1. The van der Waals surface area contributed by atoms with Crippen molar-refractivity contribution in [2.24, 2.45) is 10.9 Å². The molecule has 0 saturated carbocycles. The van der Waals surface area contributed by atoms with E-state index in [-0.39, 0.29) is 5.84 Å². The van der Waals surface area contributed by atoms with Crippen LogP contribution in [0.15, 0.2) is 29.7 Å². The first-order valence-electron chi connectivity index (χ1n) is 4.18. The molecule has 5 nitrogen and oxygen atoms in total. The van der Waals surface area contributed by atoms with Crippen LogP contribution in [0.3, 0.4) is 0 Å². The zero-order valence-electron chi connectivity index (χ0n) is 7.44. The van der Waals surface area contributed by atoms with Gasteiger partial charge in [-0.05, 0) is 11.6 Å². The number of nitrogens with one attached hydrogen (secondary N) is 1. The van der Waals surface area contributed by atoms with Crippen LogP contribution in [0.4, 0.5) is 0 Å². The van der Waals surface area contributed by atoms with Gasteiger partial charge in [-0.3, -0.25) is 0 Å². The molecule has 5 heteroatoms. The molecule has 1 aromatic heterocycles. The van der Waals surface area contributed by atoms with Crippen molar-refractivity contribution in [3.8, 4) is 0 Å². The zero-order valence-corrected chi connectivity index (χ0v) is 7.44. The van der Waals surface area contributed by atoms with Gasteiger partial charge in [0.1, 0.15) is 5.84 Å². The second kappa shape index (κ2) is 3.37. The molecule has 0 atom stereocenters. The Morgan fingerprint density at radius 1 is 1.57 bits per heavy atom. The van der Waals surface area contributed by atoms with E-state index in [4.69, 9.17) is 10.9 Å². The quantitative estimate of drug-likeness (QED) is 0.284. The first kappa shape index (κ1) is 8.55. The number of rotatable bonds is 2. The number of hydrogen-bond donors (Lipinski definition) is 3. The third-order valence-corrected chi connectivity index (χ3v) is 2.03. The summed E-state index contributed by atoms with van der Waals surface area (Å²) in [6.45, 7) is 0. The van der Waals surface area contributed by atoms with Gasteiger partial charge >= 0.3 is 0 Å². The molecular weight excluding hydrogens is 180 g/mol. The number of para-hydroxylation sites is 1. The molecule has 0 fully saturated rings. The number of nitrogens with two attached hydrogens (primary N) is 1. The highest BCUT2D eigenvalue weighted by Crippen LogP contribution is 2.14. The van der Waals surface area contributed by atoms with Crippen LogP contribution in [0, 0.1) is 0 Å². The van der Waals surface area contributed by atoms with Gasteiger partial charge in [0.05, 0.1) is 17.4 Å². The molecule has 0 aliphatic rings. The fourth-order valence-electron chi connectivity index (χ4n) is 1.40. The summed E-state index contributed by atoms with van der Waals surface area (Å²) in [5.41, 5.74) is 8.18. The van der Waals surface area contributed by atoms with E-state index < -0.39 is 0 Å². The molecule has 72 valence electrons. The third-order valence-electron chi connectivity index (χ3n) is 2.03. The number of aromatic nitrogens is 2. The first-order chi connectivity index (χ1) is 6.81. The van der Waals surface area contributed by atoms with E-state index in [0.717, 1.165) is 16.6 Å². The molecule has 1 heterocycles. The summed E-state index contributed by atoms with van der Waals surface area (Å²) in [6, 6.07) is 5.74. The van der Waals surface area contributed by atoms with Gasteiger partial charge in [-0.2, -0.15) is 0 Å². The summed E-state index contributed by atoms with van der Waals surface area (Å²) in [6.07, 6.45) is 2.03. The molecule has 0 amide bonds. The first-order valence-corrected chi connectivity index (χ1v) is 4.18. The molecule has 0 spiro atoms. The summed E-state index contributed by atoms with van der Waals surface area (Å²) in [4.78, 5) is 7.16. The monoisotopic (exact) mass is 190 g/mol. The molecular formula is C9H10N4O. The highest BCUT2D eigenvalue weighted by Gasteiger charge is 2.04. The van der Waals surface area contributed by atoms with Crippen molar-refractivity contribution in [2.75, 3.05) is 0 Å². The average Bonchev–Trinajstić information content (AvgIpc) is 2.66. The Labute approximate surface area is 80.3 Å². The van der Waals surface area contributed by atoms with E-state index in [1.165, 1.54) is 0 Å². The van der Waals surface area contributed by atoms with Crippen LogP contribution in [-0.2, 0) is 6.42 Å². The van der Waals surface area contributed by atoms with Gasteiger partial charge in [-0.1, -0.05) is 17.3 Å². The van der Waals surface area contributed by atoms with E-state index >= 15 is 0 Å². The van der Waals surface area contributed by atoms with Crippen molar-refractivity contribution in [3.63, 3.8) is 0 Å². The summed E-state index contributed by atoms with van der Waals surface area (Å²) in [7, 11) is 0. The highest BCUT2D eigenvalue weighted by molar-refractivity contribution is 5.87. The normalized spacial score (nSPS) is 12.1. The lowest BCUT2D eigenvalue weighted by Crippen LogP contribution is -2.14. The van der Waals surface area contributed by atoms with Crippen molar-refractivity contribution in [1.29, 1.82) is 0 Å². The third kappa shape index (κ3) is 1.39. The van der Waals surface area contributed by atoms with Crippen molar-refractivity contribution in [3.05, 3.63) is 30.1 Å². The maximum absolute atomic E-state index is 8.45. The van der Waals surface area contributed by atoms with Gasteiger partial charge in [0, 0.05) is 6.42 Å². The Balaban J connectivity index is 2.46. The number of fused-ring (bicyclic) bond motifs is 1. The molecule has 14 heavy (non-hydrogen) atoms. The maximum atomic E-state index is 8.45. The SMILES string of the molecule is NC(Cc1cccc2[nH]cnc12)=NO. The molecule has 0 aliphatic heterocycles. The molecule has 4 N–H and O–H groups in total. The van der Waals surface area contributed by atoms with Crippen LogP contribution in [0.1, 0.15) is 5.56 Å². The molecule has 0 radical (unpaired) electrons. The van der Waals surface area contributed by atoms with Gasteiger partial charge < -0.3 is 15.9 Å². The highest BCUT2D eigenvalue weighted by atomic mass is 16.4. The van der Waals surface area contributed by atoms with Crippen LogP contribution >= 0.6 is 0 Å². The van der Waals surface area contributed by atoms with Gasteiger partial charge in [-0.25, -0.2) is 4.98 Å². The van der Waals surface area contributed by atoms with Gasteiger partial charge in [0.2, 0.25) is 0 Å². The smallest absolute Gasteiger partial charge is 0.143 e. The number of benzene rings is 1. The molecule has 2 aromatic rings. The fourth-order valence-corrected chi connectivity index (χ4v) is 1.40. The maximum Gasteiger partial charge on any atom is 0.143 e. The van der Waals surface area contributed by atoms with E-state index in [2.05, 4.69) is 15.1 Å². The van der Waals surface area contributed by atoms with Gasteiger partial charge in [0.15, 0.2) is 0 Å². The zero-order chi connectivity index (χ0) is 9.97. The lowest BCUT2D eigenvalue weighted by atomic mass is 10.1. The number of amidine groups is 1. The van der Waals surface area contributed by atoms with Gasteiger partial charge in [-0.15, -0.1) is 0 Å². The van der Waals surface area contributed by atoms with Crippen LogP contribution in [0.2, 0.25) is 0 Å². The summed E-state index contributed by atoms with van der Waals surface area (Å²) < 4.78 is 0. The van der Waals surface area contributed by atoms with Crippen LogP contribution in [0.5, 0.6) is 0 Å². The number of hydrogen-bond acceptors (Lipinski definition) is 3. The Kier molecular flexibility index (Phi) is 2.06. The lowest BCUT2D eigenvalue weighted by Gasteiger charge is -1.99. The molecule has 2 rings (SSSR count). The van der Waals surface area contributed by atoms with E-state index in [0.29, 0.717) is 6.42 Å². The van der Waals surface area contributed by atoms with Crippen LogP contribution in [0.25, 0.3) is 11.0 Å². The van der Waals surface area contributed by atoms with E-state index in [9.17, 15) is 0 Å². The van der Waals surface area contributed by atoms with Crippen LogP contribution < -0.4 is 5.73 Å². The predicted octanol–water partition coefficient (Wildman–Crippen LogP) is 0.852. The summed E-state index contributed by atoms with van der Waals surface area (Å²) in [5, 5.41) is 11.4. The second-order valence-electron chi connectivity index (χ2n) is 2.98. The summed E-state index contributed by atoms with van der Waals surface area (Å²) >= 11 is 0. The van der Waals surface area contributed by atoms with Crippen molar-refractivity contribution in [1.82, 2.24) is 9.97 Å². The number of H-pyrrole nitrogens is 1. The standard InChI is InChI=1S/C9H10N4O/c10-8(13-14)4-6-2-1-3-7-9(6)12-5-11-7/h1-3,5,14H,4H2,(H2,10,13)(H,11,12). The minimum atomic E-state index is 0.181. The molecule has 0 saturated heterocycles. The topological polar surface area (TPSA) is 87.3 Å². The molecule has 1 aromatic carbocycles. The lowest BCUT2D eigenvalue weighted by molar-refractivity contribution is 0.317. The Morgan fingerprint density at radius 2 is 2.43 bits per heavy atom. The van der Waals surface area contributed by atoms with Gasteiger partial charge in [0.25, 0.3) is 0 Å². The largest absolute Gasteiger partial charge is 0.409 e. The summed E-state index contributed by atoms with van der Waals surface area (Å²) in [5.74, 6) is 0.181. The minimum absolute atomic E-state index is 0.181. The second-order valence-corrected chi connectivity index (χ2v) is 2.98.